The Bertz CT molecular complexity index is 1970. The number of nitrogen functional groups attached to an aromatic ring is 1. The van der Waals surface area contributed by atoms with E-state index in [1.807, 2.05) is 34.1 Å². The van der Waals surface area contributed by atoms with Crippen molar-refractivity contribution in [2.75, 3.05) is 49.6 Å². The van der Waals surface area contributed by atoms with Crippen molar-refractivity contribution >= 4 is 106 Å². The lowest BCUT2D eigenvalue weighted by molar-refractivity contribution is -0.150. The summed E-state index contributed by atoms with van der Waals surface area (Å²) in [6.07, 6.45) is 0.874. The van der Waals surface area contributed by atoms with E-state index in [1.54, 1.807) is 30.3 Å². The van der Waals surface area contributed by atoms with Crippen LogP contribution in [0.3, 0.4) is 0 Å². The number of nitrogens with zero attached hydrogens (tertiary/aromatic N) is 2. The molecule has 2 unspecified atom stereocenters. The SMILES string of the molecule is CI.CI.COC(=O)Cc1cc(C#CCOC(=O)NCc2ccnc(N)c2)cc(C#CCOC(=O)NC2CC(C(=O)OC)N(C(=O)CCc3ccc(CN)cc3)C2)c1.Cl.Cl. The van der Waals surface area contributed by atoms with Crippen LogP contribution in [0.15, 0.2) is 60.8 Å². The lowest BCUT2D eigenvalue weighted by Crippen LogP contribution is -2.42. The molecule has 2 heterocycles. The van der Waals surface area contributed by atoms with Crippen molar-refractivity contribution in [3.05, 3.63) is 94.2 Å². The van der Waals surface area contributed by atoms with Gasteiger partial charge in [0.15, 0.2) is 13.2 Å². The lowest BCUT2D eigenvalue weighted by atomic mass is 10.0. The minimum absolute atomic E-state index is 0. The molecule has 60 heavy (non-hydrogen) atoms. The molecule has 0 aliphatic carbocycles. The highest BCUT2D eigenvalue weighted by atomic mass is 127. The van der Waals surface area contributed by atoms with Gasteiger partial charge in [0.2, 0.25) is 5.91 Å². The number of methoxy groups -OCH3 is 2. The van der Waals surface area contributed by atoms with Crippen LogP contribution in [0.1, 0.15) is 46.2 Å². The predicted octanol–water partition coefficient (Wildman–Crippen LogP) is 4.91. The van der Waals surface area contributed by atoms with Gasteiger partial charge in [0.1, 0.15) is 11.9 Å². The summed E-state index contributed by atoms with van der Waals surface area (Å²) in [6, 6.07) is 14.6. The number of amides is 3. The average Bonchev–Trinajstić information content (AvgIpc) is 3.67. The van der Waals surface area contributed by atoms with Crippen molar-refractivity contribution in [2.45, 2.75) is 50.9 Å². The smallest absolute Gasteiger partial charge is 0.408 e. The van der Waals surface area contributed by atoms with Crippen molar-refractivity contribution in [3.8, 4) is 23.7 Å². The van der Waals surface area contributed by atoms with Gasteiger partial charge in [-0.05, 0) is 68.9 Å². The van der Waals surface area contributed by atoms with E-state index in [4.69, 9.17) is 30.4 Å². The molecule has 6 N–H and O–H groups in total. The van der Waals surface area contributed by atoms with E-state index in [1.165, 1.54) is 25.3 Å². The van der Waals surface area contributed by atoms with E-state index in [9.17, 15) is 24.0 Å². The fourth-order valence-corrected chi connectivity index (χ4v) is 5.51. The second kappa shape index (κ2) is 31.4. The van der Waals surface area contributed by atoms with Gasteiger partial charge >= 0.3 is 24.1 Å². The van der Waals surface area contributed by atoms with Gasteiger partial charge in [0.25, 0.3) is 0 Å². The maximum Gasteiger partial charge on any atom is 0.408 e. The number of carbonyl (C=O) groups is 5. The Kier molecular flexibility index (Phi) is 29.0. The summed E-state index contributed by atoms with van der Waals surface area (Å²) < 4.78 is 20.1. The second-order valence-electron chi connectivity index (χ2n) is 12.1. The maximum atomic E-state index is 13.1. The molecule has 3 amide bonds. The molecule has 0 saturated carbocycles. The Hall–Kier alpha value is -4.54. The molecule has 1 aliphatic heterocycles. The molecule has 1 saturated heterocycles. The summed E-state index contributed by atoms with van der Waals surface area (Å²) in [5.74, 6) is 10.4. The first-order chi connectivity index (χ1) is 28.1. The van der Waals surface area contributed by atoms with E-state index < -0.39 is 36.2 Å². The Labute approximate surface area is 390 Å². The Morgan fingerprint density at radius 3 is 1.98 bits per heavy atom. The number of hydrogen-bond donors (Lipinski definition) is 4. The minimum atomic E-state index is -0.844. The number of alkyl carbamates (subject to hydrolysis) is 2. The molecule has 1 fully saturated rings. The first-order valence-corrected chi connectivity index (χ1v) is 22.0. The number of alkyl halides is 2. The van der Waals surface area contributed by atoms with Crippen LogP contribution in [0.5, 0.6) is 0 Å². The van der Waals surface area contributed by atoms with Crippen LogP contribution >= 0.6 is 70.0 Å². The molecule has 0 radical (unpaired) electrons. The summed E-state index contributed by atoms with van der Waals surface area (Å²) in [5.41, 5.74) is 15.6. The van der Waals surface area contributed by atoms with Gasteiger partial charge in [0, 0.05) is 49.8 Å². The van der Waals surface area contributed by atoms with Gasteiger partial charge in [-0.3, -0.25) is 9.59 Å². The number of anilines is 1. The highest BCUT2D eigenvalue weighted by Crippen LogP contribution is 2.21. The summed E-state index contributed by atoms with van der Waals surface area (Å²) in [6.45, 7) is 0.257. The van der Waals surface area contributed by atoms with Crippen LogP contribution in [0.2, 0.25) is 0 Å². The molecule has 1 aliphatic rings. The number of esters is 2. The molecule has 1 aromatic heterocycles. The first-order valence-electron chi connectivity index (χ1n) is 17.7. The molecule has 2 aromatic carbocycles. The van der Waals surface area contributed by atoms with Crippen LogP contribution in [-0.2, 0) is 59.3 Å². The highest BCUT2D eigenvalue weighted by molar-refractivity contribution is 14.1. The fraction of sp³-hybridized carbons (Fsp3) is 0.366. The Morgan fingerprint density at radius 1 is 0.817 bits per heavy atom. The van der Waals surface area contributed by atoms with E-state index in [0.717, 1.165) is 16.7 Å². The molecule has 0 spiro atoms. The predicted molar refractivity (Wildman–Crippen MR) is 250 cm³/mol. The van der Waals surface area contributed by atoms with Crippen LogP contribution in [0.25, 0.3) is 0 Å². The van der Waals surface area contributed by atoms with Gasteiger partial charge in [0.05, 0.1) is 26.7 Å². The lowest BCUT2D eigenvalue weighted by Gasteiger charge is -2.22. The fourth-order valence-electron chi connectivity index (χ4n) is 5.51. The number of aromatic nitrogens is 1. The third kappa shape index (κ3) is 20.1. The standard InChI is InChI=1S/C39H42N6O9.2CH3I.2ClH/c1-51-36(47)21-31-18-28(5-3-15-53-38(49)43-24-30-13-14-42-34(41)20-30)17-29(19-31)6-4-16-54-39(50)44-32-22-33(37(48)52-2)45(25-32)35(46)12-11-26-7-9-27(23-40)10-8-26;2*1-2;;/h7-10,13-14,17-20,32-33H,11-12,15-16,21-25,40H2,1-2H3,(H2,41,42)(H,43,49)(H,44,50);2*1H3;2*1H. The second-order valence-corrected chi connectivity index (χ2v) is 12.1. The van der Waals surface area contributed by atoms with Crippen molar-refractivity contribution in [3.63, 3.8) is 0 Å². The van der Waals surface area contributed by atoms with Gasteiger partial charge in [-0.1, -0.05) is 93.1 Å². The van der Waals surface area contributed by atoms with Gasteiger partial charge in [-0.25, -0.2) is 19.4 Å². The summed E-state index contributed by atoms with van der Waals surface area (Å²) in [4.78, 5) is 71.5. The van der Waals surface area contributed by atoms with E-state index in [0.29, 0.717) is 35.5 Å². The largest absolute Gasteiger partial charge is 0.469 e. The molecule has 2 atom stereocenters. The monoisotopic (exact) mass is 1090 g/mol. The van der Waals surface area contributed by atoms with Gasteiger partial charge in [-0.15, -0.1) is 24.8 Å². The third-order valence-corrected chi connectivity index (χ3v) is 8.17. The van der Waals surface area contributed by atoms with E-state index in [2.05, 4.69) is 84.5 Å². The number of halogens is 4. The number of pyridine rings is 1. The number of ether oxygens (including phenoxy) is 4. The van der Waals surface area contributed by atoms with Gasteiger partial charge < -0.3 is 45.9 Å². The third-order valence-electron chi connectivity index (χ3n) is 8.17. The van der Waals surface area contributed by atoms with Gasteiger partial charge in [-0.2, -0.15) is 0 Å². The Morgan fingerprint density at radius 2 is 1.42 bits per heavy atom. The number of benzene rings is 2. The summed E-state index contributed by atoms with van der Waals surface area (Å²) >= 11 is 4.30. The van der Waals surface area contributed by atoms with Crippen molar-refractivity contribution in [1.82, 2.24) is 20.5 Å². The normalized spacial score (nSPS) is 13.1. The quantitative estimate of drug-likeness (QED) is 0.0626. The molecule has 19 heteroatoms. The van der Waals surface area contributed by atoms with Crippen molar-refractivity contribution in [1.29, 1.82) is 0 Å². The Balaban J connectivity index is 0.00000563. The number of nitrogens with two attached hydrogens (primary N) is 2. The molecule has 15 nitrogen and oxygen atoms in total. The highest BCUT2D eigenvalue weighted by Gasteiger charge is 2.40. The summed E-state index contributed by atoms with van der Waals surface area (Å²) in [7, 11) is 2.53. The number of likely N-dealkylation sites (tertiary alicyclic amines) is 1. The molecular weight excluding hydrogens is 1050 g/mol. The minimum Gasteiger partial charge on any atom is -0.469 e. The van der Waals surface area contributed by atoms with Crippen molar-refractivity contribution in [2.24, 2.45) is 5.73 Å². The first kappa shape index (κ1) is 55.5. The number of aryl methyl sites for hydroxylation is 1. The molecule has 4 rings (SSSR count). The van der Waals surface area contributed by atoms with Crippen molar-refractivity contribution < 1.29 is 42.9 Å². The molecular formula is C41H50Cl2I2N6O9. The number of nitrogens with one attached hydrogen (secondary N) is 2. The van der Waals surface area contributed by atoms with Crippen LogP contribution in [-0.4, -0.2) is 95.8 Å². The maximum absolute atomic E-state index is 13.1. The molecule has 0 bridgehead atoms. The molecule has 326 valence electrons. The van der Waals surface area contributed by atoms with Crippen LogP contribution in [0, 0.1) is 23.7 Å². The number of rotatable bonds is 12. The average molecular weight is 1100 g/mol. The van der Waals surface area contributed by atoms with E-state index >= 15 is 0 Å². The summed E-state index contributed by atoms with van der Waals surface area (Å²) in [5, 5.41) is 5.30. The zero-order valence-corrected chi connectivity index (χ0v) is 39.5. The van der Waals surface area contributed by atoms with E-state index in [-0.39, 0.29) is 76.3 Å². The molecule has 3 aromatic rings. The van der Waals surface area contributed by atoms with Crippen LogP contribution < -0.4 is 22.1 Å². The zero-order valence-electron chi connectivity index (χ0n) is 33.6. The van der Waals surface area contributed by atoms with Crippen LogP contribution in [0.4, 0.5) is 15.4 Å². The topological polar surface area (TPSA) is 214 Å². The zero-order chi connectivity index (χ0) is 42.9. The number of hydrogen-bond acceptors (Lipinski definition) is 12. The number of carbonyl (C=O) groups excluding carboxylic acids is 5.